The Morgan fingerprint density at radius 3 is 1.85 bits per heavy atom. The highest BCUT2D eigenvalue weighted by molar-refractivity contribution is 7.26. The van der Waals surface area contributed by atoms with E-state index in [1.165, 1.54) is 133 Å². The zero-order valence-corrected chi connectivity index (χ0v) is 46.7. The third-order valence-electron chi connectivity index (χ3n) is 20.6. The molecule has 1 aromatic heterocycles. The fourth-order valence-corrected chi connectivity index (χ4v) is 17.4. The van der Waals surface area contributed by atoms with Gasteiger partial charge in [0.1, 0.15) is 0 Å². The normalized spacial score (nSPS) is 27.7. The molecular weight excluding hydrogens is 878 g/mol. The van der Waals surface area contributed by atoms with Crippen LogP contribution in [0.15, 0.2) is 102 Å². The largest absolute Gasteiger partial charge is 0.359 e. The fraction of sp³-hybridized carbons (Fsp3) is 0.485. The molecule has 0 radical (unpaired) electrons. The maximum Gasteiger partial charge on any atom is 0.247 e. The van der Waals surface area contributed by atoms with Gasteiger partial charge in [0.15, 0.2) is 0 Å². The summed E-state index contributed by atoms with van der Waals surface area (Å²) in [5.41, 5.74) is 23.7. The van der Waals surface area contributed by atoms with Crippen molar-refractivity contribution < 1.29 is 0 Å². The van der Waals surface area contributed by atoms with Gasteiger partial charge in [-0.05, 0) is 155 Å². The Morgan fingerprint density at radius 2 is 1.17 bits per heavy atom. The molecule has 7 aliphatic rings. The van der Waals surface area contributed by atoms with Crippen molar-refractivity contribution in [3.63, 3.8) is 0 Å². The number of nitrogens with zero attached hydrogens (tertiary/aromatic N) is 3. The molecule has 0 N–H and O–H groups in total. The predicted molar refractivity (Wildman–Crippen MR) is 308 cm³/mol. The van der Waals surface area contributed by atoms with Crippen LogP contribution in [-0.4, -0.2) is 23.8 Å². The van der Waals surface area contributed by atoms with E-state index < -0.39 is 0 Å². The number of thiophene rings is 1. The Kier molecular flexibility index (Phi) is 9.42. The maximum atomic E-state index is 3.12. The summed E-state index contributed by atoms with van der Waals surface area (Å²) in [4.78, 5) is 8.92. The second kappa shape index (κ2) is 14.5. The molecule has 0 spiro atoms. The molecule has 6 aromatic rings. The van der Waals surface area contributed by atoms with E-state index in [1.807, 2.05) is 11.3 Å². The van der Waals surface area contributed by atoms with Gasteiger partial charge in [0, 0.05) is 71.4 Å². The van der Waals surface area contributed by atoms with Gasteiger partial charge in [0.25, 0.3) is 0 Å². The van der Waals surface area contributed by atoms with Crippen molar-refractivity contribution in [3.8, 4) is 0 Å². The van der Waals surface area contributed by atoms with Gasteiger partial charge >= 0.3 is 0 Å². The van der Waals surface area contributed by atoms with Gasteiger partial charge in [0.05, 0.1) is 17.3 Å². The van der Waals surface area contributed by atoms with E-state index in [0.29, 0.717) is 0 Å². The molecule has 71 heavy (non-hydrogen) atoms. The highest BCUT2D eigenvalue weighted by Gasteiger charge is 2.65. The Balaban J connectivity index is 1.17. The zero-order valence-electron chi connectivity index (χ0n) is 45.9. The molecule has 0 amide bonds. The standard InChI is InChI=1S/C66H78BN3S/c1-39-30-42(61(6,7)8)31-40(2)58(39)68-52-37-46-45-22-16-17-23-55(45)71-56(46)38-49(52)67-50-34-43(62(9,10)11)33-48-59(50)70(66(15)29-21-19-27-64(48,66)13)54-36-44(35-53(68)57(54)67)69-51-25-24-41(60(3,4)5)32-47(51)63(12)26-18-20-28-65(63,69)14/h16-17,22-25,30-35,37-38,54H,18-21,26-29,36H2,1-15H3. The maximum absolute atomic E-state index is 3.12. The molecule has 0 saturated heterocycles. The minimum Gasteiger partial charge on any atom is -0.359 e. The van der Waals surface area contributed by atoms with Crippen molar-refractivity contribution in [2.24, 2.45) is 0 Å². The first kappa shape index (κ1) is 46.1. The van der Waals surface area contributed by atoms with Crippen LogP contribution < -0.4 is 25.6 Å². The minimum absolute atomic E-state index is 0.00809. The number of hydrogen-bond acceptors (Lipinski definition) is 4. The summed E-state index contributed by atoms with van der Waals surface area (Å²) < 4.78 is 2.78. The molecule has 5 heteroatoms. The molecule has 2 saturated carbocycles. The average molecular weight is 956 g/mol. The molecule has 13 rings (SSSR count). The summed E-state index contributed by atoms with van der Waals surface area (Å²) in [5, 5.41) is 2.75. The molecule has 3 nitrogen and oxygen atoms in total. The van der Waals surface area contributed by atoms with Crippen LogP contribution in [0.3, 0.4) is 0 Å². The minimum atomic E-state index is -0.0552. The van der Waals surface area contributed by atoms with Gasteiger partial charge in [-0.25, -0.2) is 0 Å². The molecule has 2 fully saturated rings. The lowest BCUT2D eigenvalue weighted by molar-refractivity contribution is 0.174. The molecule has 3 aliphatic carbocycles. The Labute approximate surface area is 430 Å². The average Bonchev–Trinajstić information content (AvgIpc) is 3.84. The van der Waals surface area contributed by atoms with Crippen LogP contribution >= 0.6 is 11.3 Å². The third kappa shape index (κ3) is 5.97. The van der Waals surface area contributed by atoms with Gasteiger partial charge < -0.3 is 14.7 Å². The Morgan fingerprint density at radius 1 is 0.563 bits per heavy atom. The summed E-state index contributed by atoms with van der Waals surface area (Å²) in [6.45, 7) is 37.3. The number of aryl methyl sites for hydroxylation is 2. The van der Waals surface area contributed by atoms with Gasteiger partial charge in [-0.3, -0.25) is 0 Å². The van der Waals surface area contributed by atoms with Crippen molar-refractivity contribution in [2.75, 3.05) is 14.7 Å². The molecule has 0 bridgehead atoms. The van der Waals surface area contributed by atoms with Crippen LogP contribution in [0.2, 0.25) is 0 Å². The monoisotopic (exact) mass is 956 g/mol. The Hall–Kier alpha value is -4.74. The van der Waals surface area contributed by atoms with E-state index in [1.54, 1.807) is 27.7 Å². The van der Waals surface area contributed by atoms with E-state index in [9.17, 15) is 0 Å². The van der Waals surface area contributed by atoms with Crippen LogP contribution in [-0.2, 0) is 27.1 Å². The van der Waals surface area contributed by atoms with Crippen LogP contribution in [0, 0.1) is 13.8 Å². The fourth-order valence-electron chi connectivity index (χ4n) is 16.2. The Bertz CT molecular complexity index is 3360. The highest BCUT2D eigenvalue weighted by atomic mass is 32.1. The van der Waals surface area contributed by atoms with Crippen molar-refractivity contribution in [1.29, 1.82) is 0 Å². The van der Waals surface area contributed by atoms with E-state index in [-0.39, 0.29) is 50.9 Å². The number of anilines is 4. The molecule has 5 heterocycles. The predicted octanol–water partition coefficient (Wildman–Crippen LogP) is 16.3. The summed E-state index contributed by atoms with van der Waals surface area (Å²) in [7, 11) is 0. The molecule has 4 aliphatic heterocycles. The first-order valence-corrected chi connectivity index (χ1v) is 28.5. The third-order valence-corrected chi connectivity index (χ3v) is 21.7. The van der Waals surface area contributed by atoms with Crippen LogP contribution in [0.4, 0.5) is 22.7 Å². The lowest BCUT2D eigenvalue weighted by Gasteiger charge is -2.58. The lowest BCUT2D eigenvalue weighted by atomic mass is 9.31. The number of fused-ring (bicyclic) bond motifs is 13. The topological polar surface area (TPSA) is 9.72 Å². The molecule has 366 valence electrons. The van der Waals surface area contributed by atoms with Crippen LogP contribution in [0.1, 0.15) is 187 Å². The van der Waals surface area contributed by atoms with Gasteiger partial charge in [-0.1, -0.05) is 156 Å². The van der Waals surface area contributed by atoms with Gasteiger partial charge in [-0.2, -0.15) is 0 Å². The number of hydrogen-bond donors (Lipinski definition) is 0. The lowest BCUT2D eigenvalue weighted by Crippen LogP contribution is -2.68. The summed E-state index contributed by atoms with van der Waals surface area (Å²) in [6, 6.07) is 32.8. The van der Waals surface area contributed by atoms with Crippen molar-refractivity contribution in [3.05, 3.63) is 141 Å². The highest BCUT2D eigenvalue weighted by Crippen LogP contribution is 2.65. The molecular formula is C66H78BN3S. The van der Waals surface area contributed by atoms with Crippen molar-refractivity contribution in [1.82, 2.24) is 0 Å². The number of benzene rings is 5. The second-order valence-electron chi connectivity index (χ2n) is 27.7. The second-order valence-corrected chi connectivity index (χ2v) is 28.8. The molecule has 5 unspecified atom stereocenters. The van der Waals surface area contributed by atoms with Crippen molar-refractivity contribution >= 4 is 71.9 Å². The zero-order chi connectivity index (χ0) is 49.9. The van der Waals surface area contributed by atoms with E-state index in [2.05, 4.69) is 203 Å². The SMILES string of the molecule is Cc1cc(C(C)(C)C)cc(C)c1N1C2=C3B(c4cc5sc6ccccc6c5cc41)c1cc(C(C)(C)C)cc4c1N(C3CC(N1c3ccc(C(C)(C)C)cc3C3(C)CCCCC13C)=C2)C1(C)CCCCC41C. The van der Waals surface area contributed by atoms with Gasteiger partial charge in [-0.15, -0.1) is 11.3 Å². The van der Waals surface area contributed by atoms with Crippen molar-refractivity contribution in [2.45, 2.75) is 206 Å². The molecule has 5 aromatic carbocycles. The van der Waals surface area contributed by atoms with Crippen LogP contribution in [0.5, 0.6) is 0 Å². The van der Waals surface area contributed by atoms with E-state index >= 15 is 0 Å². The first-order chi connectivity index (χ1) is 33.4. The van der Waals surface area contributed by atoms with E-state index in [0.717, 1.165) is 6.42 Å². The number of rotatable bonds is 2. The summed E-state index contributed by atoms with van der Waals surface area (Å²) >= 11 is 1.98. The van der Waals surface area contributed by atoms with E-state index in [4.69, 9.17) is 0 Å². The number of allylic oxidation sites excluding steroid dienone is 1. The first-order valence-electron chi connectivity index (χ1n) is 27.6. The molecule has 5 atom stereocenters. The summed E-state index contributed by atoms with van der Waals surface area (Å²) in [6.07, 6.45) is 13.8. The quantitative estimate of drug-likeness (QED) is 0.160. The smallest absolute Gasteiger partial charge is 0.247 e. The van der Waals surface area contributed by atoms with Crippen LogP contribution in [0.25, 0.3) is 20.2 Å². The van der Waals surface area contributed by atoms with Gasteiger partial charge in [0.2, 0.25) is 6.71 Å². The summed E-state index contributed by atoms with van der Waals surface area (Å²) in [5.74, 6) is 0.